The van der Waals surface area contributed by atoms with Crippen LogP contribution in [0.1, 0.15) is 37.3 Å². The number of nitrogens with one attached hydrogen (secondary N) is 2. The number of rotatable bonds is 6. The van der Waals surface area contributed by atoms with Crippen LogP contribution in [0.2, 0.25) is 0 Å². The van der Waals surface area contributed by atoms with Crippen molar-refractivity contribution in [3.63, 3.8) is 0 Å². The molecule has 1 heterocycles. The summed E-state index contributed by atoms with van der Waals surface area (Å²) in [6.07, 6.45) is 4.38. The highest BCUT2D eigenvalue weighted by Crippen LogP contribution is 2.27. The number of likely N-dealkylation sites (N-methyl/N-ethyl adjacent to an activating group) is 1. The molecule has 4 rings (SSSR count). The number of carbonyl (C=O) groups excluding carboxylic acids is 1. The summed E-state index contributed by atoms with van der Waals surface area (Å²) >= 11 is 0. The second-order valence-corrected chi connectivity index (χ2v) is 9.41. The molecule has 162 valence electrons. The molecule has 1 aliphatic carbocycles. The van der Waals surface area contributed by atoms with Crippen molar-refractivity contribution in [1.29, 1.82) is 0 Å². The molecule has 0 unspecified atom stereocenters. The number of anilines is 2. The molecule has 1 amide bonds. The summed E-state index contributed by atoms with van der Waals surface area (Å²) in [5, 5.41) is 3.49. The van der Waals surface area contributed by atoms with E-state index in [1.807, 2.05) is 18.2 Å². The van der Waals surface area contributed by atoms with Gasteiger partial charge in [-0.05, 0) is 79.8 Å². The molecule has 1 saturated heterocycles. The molecule has 8 heteroatoms. The highest BCUT2D eigenvalue weighted by molar-refractivity contribution is 7.92. The van der Waals surface area contributed by atoms with Crippen molar-refractivity contribution in [3.8, 4) is 0 Å². The fourth-order valence-corrected chi connectivity index (χ4v) is 5.27. The Hall–Kier alpha value is -2.09. The minimum absolute atomic E-state index is 0. The second kappa shape index (κ2) is 9.37. The average Bonchev–Trinajstić information content (AvgIpc) is 3.14. The van der Waals surface area contributed by atoms with Crippen LogP contribution < -0.4 is 14.9 Å². The van der Waals surface area contributed by atoms with Crippen LogP contribution in [0.15, 0.2) is 47.4 Å². The van der Waals surface area contributed by atoms with Gasteiger partial charge in [0.1, 0.15) is 0 Å². The van der Waals surface area contributed by atoms with Gasteiger partial charge >= 0.3 is 0 Å². The van der Waals surface area contributed by atoms with Gasteiger partial charge in [0.2, 0.25) is 5.91 Å². The summed E-state index contributed by atoms with van der Waals surface area (Å²) in [5.41, 5.74) is 3.83. The van der Waals surface area contributed by atoms with Gasteiger partial charge in [-0.1, -0.05) is 13.0 Å². The molecule has 0 spiro atoms. The molecule has 2 N–H and O–H groups in total. The summed E-state index contributed by atoms with van der Waals surface area (Å²) in [7, 11) is -3.68. The van der Waals surface area contributed by atoms with Crippen molar-refractivity contribution >= 4 is 39.7 Å². The molecule has 30 heavy (non-hydrogen) atoms. The zero-order chi connectivity index (χ0) is 20.4. The molecule has 2 aliphatic rings. The molecule has 1 atom stereocenters. The molecule has 2 aromatic rings. The molecule has 6 nitrogen and oxygen atoms in total. The van der Waals surface area contributed by atoms with Crippen LogP contribution in [0, 0.1) is 0 Å². The SMILES string of the molecule is CCN[C@H]1CCc2cc(NS(=O)(=O)c3ccc(N4CCCC4=O)cc3)ccc2C1.Cl. The number of halogens is 1. The Morgan fingerprint density at radius 1 is 1.07 bits per heavy atom. The number of nitrogens with zero attached hydrogens (tertiary/aromatic N) is 1. The lowest BCUT2D eigenvalue weighted by molar-refractivity contribution is -0.117. The maximum Gasteiger partial charge on any atom is 0.261 e. The van der Waals surface area contributed by atoms with E-state index in [0.29, 0.717) is 24.7 Å². The zero-order valence-corrected chi connectivity index (χ0v) is 18.7. The number of amides is 1. The molecule has 2 aromatic carbocycles. The third kappa shape index (κ3) is 4.79. The second-order valence-electron chi connectivity index (χ2n) is 7.73. The van der Waals surface area contributed by atoms with Crippen molar-refractivity contribution < 1.29 is 13.2 Å². The van der Waals surface area contributed by atoms with Gasteiger partial charge in [-0.3, -0.25) is 9.52 Å². The van der Waals surface area contributed by atoms with E-state index in [-0.39, 0.29) is 23.2 Å². The van der Waals surface area contributed by atoms with Crippen LogP contribution in [0.25, 0.3) is 0 Å². The summed E-state index contributed by atoms with van der Waals surface area (Å²) in [6, 6.07) is 12.8. The van der Waals surface area contributed by atoms with Crippen LogP contribution in [-0.4, -0.2) is 33.5 Å². The summed E-state index contributed by atoms with van der Waals surface area (Å²) < 4.78 is 28.3. The molecule has 0 saturated carbocycles. The fourth-order valence-electron chi connectivity index (χ4n) is 4.22. The van der Waals surface area contributed by atoms with Gasteiger partial charge in [-0.25, -0.2) is 8.42 Å². The maximum atomic E-state index is 12.8. The Bertz CT molecular complexity index is 1010. The first-order valence-electron chi connectivity index (χ1n) is 10.2. The summed E-state index contributed by atoms with van der Waals surface area (Å²) in [6.45, 7) is 3.76. The van der Waals surface area contributed by atoms with E-state index in [1.165, 1.54) is 11.1 Å². The van der Waals surface area contributed by atoms with E-state index in [4.69, 9.17) is 0 Å². The van der Waals surface area contributed by atoms with Crippen LogP contribution in [0.4, 0.5) is 11.4 Å². The standard InChI is InChI=1S/C22H27N3O3S.ClH/c1-2-23-18-7-5-17-15-19(8-6-16(17)14-18)24-29(27,28)21-11-9-20(10-12-21)25-13-3-4-22(25)26;/h6,8-12,15,18,23-24H,2-5,7,13-14H2,1H3;1H/t18-;/m0./s1. The molecular weight excluding hydrogens is 422 g/mol. The van der Waals surface area contributed by atoms with E-state index in [9.17, 15) is 13.2 Å². The Balaban J connectivity index is 0.00000256. The lowest BCUT2D eigenvalue weighted by Gasteiger charge is -2.25. The Morgan fingerprint density at radius 2 is 1.83 bits per heavy atom. The molecule has 1 aliphatic heterocycles. The van der Waals surface area contributed by atoms with Gasteiger partial charge in [0.15, 0.2) is 0 Å². The topological polar surface area (TPSA) is 78.5 Å². The molecule has 1 fully saturated rings. The van der Waals surface area contributed by atoms with Crippen LogP contribution >= 0.6 is 12.4 Å². The summed E-state index contributed by atoms with van der Waals surface area (Å²) in [4.78, 5) is 13.8. The first kappa shape index (κ1) is 22.6. The van der Waals surface area contributed by atoms with Crippen LogP contribution in [-0.2, 0) is 27.7 Å². The van der Waals surface area contributed by atoms with Crippen LogP contribution in [0.5, 0.6) is 0 Å². The predicted molar refractivity (Wildman–Crippen MR) is 122 cm³/mol. The summed E-state index contributed by atoms with van der Waals surface area (Å²) in [5.74, 6) is 0.0872. The fraction of sp³-hybridized carbons (Fsp3) is 0.409. The lowest BCUT2D eigenvalue weighted by atomic mass is 9.88. The number of hydrogen-bond acceptors (Lipinski definition) is 4. The van der Waals surface area contributed by atoms with Gasteiger partial charge in [-0.2, -0.15) is 0 Å². The third-order valence-electron chi connectivity index (χ3n) is 5.71. The van der Waals surface area contributed by atoms with Gasteiger partial charge in [0.25, 0.3) is 10.0 Å². The highest BCUT2D eigenvalue weighted by Gasteiger charge is 2.23. The minimum atomic E-state index is -3.68. The van der Waals surface area contributed by atoms with E-state index < -0.39 is 10.0 Å². The Labute approximate surface area is 184 Å². The van der Waals surface area contributed by atoms with Crippen molar-refractivity contribution in [2.45, 2.75) is 50.0 Å². The van der Waals surface area contributed by atoms with E-state index in [0.717, 1.165) is 37.9 Å². The van der Waals surface area contributed by atoms with Crippen LogP contribution in [0.3, 0.4) is 0 Å². The van der Waals surface area contributed by atoms with E-state index in [2.05, 4.69) is 17.0 Å². The molecule has 0 bridgehead atoms. The highest BCUT2D eigenvalue weighted by atomic mass is 35.5. The van der Waals surface area contributed by atoms with E-state index in [1.54, 1.807) is 29.2 Å². The normalized spacial score (nSPS) is 18.6. The smallest absolute Gasteiger partial charge is 0.261 e. The average molecular weight is 450 g/mol. The van der Waals surface area contributed by atoms with Crippen molar-refractivity contribution in [3.05, 3.63) is 53.6 Å². The minimum Gasteiger partial charge on any atom is -0.314 e. The number of carbonyl (C=O) groups is 1. The maximum absolute atomic E-state index is 12.8. The Morgan fingerprint density at radius 3 is 2.50 bits per heavy atom. The quantitative estimate of drug-likeness (QED) is 0.707. The van der Waals surface area contributed by atoms with E-state index >= 15 is 0 Å². The van der Waals surface area contributed by atoms with Crippen molar-refractivity contribution in [2.24, 2.45) is 0 Å². The first-order valence-corrected chi connectivity index (χ1v) is 11.7. The van der Waals surface area contributed by atoms with Crippen molar-refractivity contribution in [2.75, 3.05) is 22.7 Å². The number of fused-ring (bicyclic) bond motifs is 1. The number of sulfonamides is 1. The molecular formula is C22H28ClN3O3S. The number of aryl methyl sites for hydroxylation is 1. The van der Waals surface area contributed by atoms with Gasteiger partial charge in [-0.15, -0.1) is 12.4 Å². The predicted octanol–water partition coefficient (Wildman–Crippen LogP) is 3.50. The zero-order valence-electron chi connectivity index (χ0n) is 17.1. The number of hydrogen-bond donors (Lipinski definition) is 2. The molecule has 0 radical (unpaired) electrons. The molecule has 0 aromatic heterocycles. The largest absolute Gasteiger partial charge is 0.314 e. The first-order chi connectivity index (χ1) is 14.0. The van der Waals surface area contributed by atoms with Gasteiger partial charge in [0.05, 0.1) is 4.90 Å². The Kier molecular flexibility index (Phi) is 7.06. The third-order valence-corrected chi connectivity index (χ3v) is 7.11. The van der Waals surface area contributed by atoms with Crippen molar-refractivity contribution in [1.82, 2.24) is 5.32 Å². The lowest BCUT2D eigenvalue weighted by Crippen LogP contribution is -2.34. The van der Waals surface area contributed by atoms with Gasteiger partial charge in [0, 0.05) is 30.4 Å². The van der Waals surface area contributed by atoms with Gasteiger partial charge < -0.3 is 10.2 Å². The monoisotopic (exact) mass is 449 g/mol. The number of benzene rings is 2.